The summed E-state index contributed by atoms with van der Waals surface area (Å²) in [6, 6.07) is 6.77. The third-order valence-corrected chi connectivity index (χ3v) is 6.02. The second-order valence-corrected chi connectivity index (χ2v) is 9.93. The van der Waals surface area contributed by atoms with Gasteiger partial charge in [-0.2, -0.15) is 5.26 Å². The Kier molecular flexibility index (Phi) is 6.11. The summed E-state index contributed by atoms with van der Waals surface area (Å²) in [4.78, 5) is 29.5. The van der Waals surface area contributed by atoms with Gasteiger partial charge < -0.3 is 4.74 Å². The molecule has 0 N–H and O–H groups in total. The van der Waals surface area contributed by atoms with Crippen molar-refractivity contribution >= 4 is 35.4 Å². The lowest BCUT2D eigenvalue weighted by Crippen LogP contribution is -2.48. The van der Waals surface area contributed by atoms with Gasteiger partial charge in [0.15, 0.2) is 6.19 Å². The van der Waals surface area contributed by atoms with E-state index in [2.05, 4.69) is 0 Å². The van der Waals surface area contributed by atoms with Crippen LogP contribution in [0.15, 0.2) is 29.2 Å². The molecule has 0 radical (unpaired) electrons. The number of rotatable bonds is 4. The highest BCUT2D eigenvalue weighted by Gasteiger charge is 2.46. The van der Waals surface area contributed by atoms with Crippen molar-refractivity contribution < 1.29 is 14.3 Å². The van der Waals surface area contributed by atoms with E-state index in [9.17, 15) is 14.9 Å². The molecular formula is C20H24ClN3O3S. The summed E-state index contributed by atoms with van der Waals surface area (Å²) in [5.74, 6) is -0.310. The maximum atomic E-state index is 13.0. The molecule has 1 saturated carbocycles. The van der Waals surface area contributed by atoms with Crippen LogP contribution in [0.3, 0.4) is 0 Å². The molecule has 1 heterocycles. The lowest BCUT2D eigenvalue weighted by atomic mass is 10.2. The summed E-state index contributed by atoms with van der Waals surface area (Å²) in [7, 11) is 0. The molecule has 1 aromatic rings. The first-order chi connectivity index (χ1) is 13.2. The first-order valence-corrected chi connectivity index (χ1v) is 10.6. The van der Waals surface area contributed by atoms with Gasteiger partial charge in [0.1, 0.15) is 11.6 Å². The highest BCUT2D eigenvalue weighted by Crippen LogP contribution is 2.36. The summed E-state index contributed by atoms with van der Waals surface area (Å²) < 4.78 is 5.51. The smallest absolute Gasteiger partial charge is 0.411 e. The van der Waals surface area contributed by atoms with E-state index >= 15 is 0 Å². The summed E-state index contributed by atoms with van der Waals surface area (Å²) in [5, 5.41) is 10.1. The van der Waals surface area contributed by atoms with Gasteiger partial charge in [-0.05, 0) is 64.3 Å². The fraction of sp³-hybridized carbons (Fsp3) is 0.550. The van der Waals surface area contributed by atoms with E-state index in [-0.39, 0.29) is 17.2 Å². The van der Waals surface area contributed by atoms with E-state index in [0.717, 1.165) is 17.7 Å². The molecule has 1 aliphatic carbocycles. The molecular weight excluding hydrogens is 398 g/mol. The summed E-state index contributed by atoms with van der Waals surface area (Å²) in [6.45, 7) is 5.78. The zero-order chi connectivity index (χ0) is 20.5. The summed E-state index contributed by atoms with van der Waals surface area (Å²) in [6.07, 6.45) is 3.64. The number of nitriles is 1. The van der Waals surface area contributed by atoms with Crippen LogP contribution in [0.2, 0.25) is 5.02 Å². The van der Waals surface area contributed by atoms with E-state index in [1.165, 1.54) is 9.80 Å². The lowest BCUT2D eigenvalue weighted by Gasteiger charge is -2.29. The molecule has 0 spiro atoms. The molecule has 2 fully saturated rings. The molecule has 0 aromatic heterocycles. The number of ether oxygens (including phenoxy) is 1. The molecule has 1 saturated heterocycles. The Morgan fingerprint density at radius 3 is 2.46 bits per heavy atom. The van der Waals surface area contributed by atoms with Crippen molar-refractivity contribution in [2.45, 2.75) is 67.9 Å². The minimum Gasteiger partial charge on any atom is -0.444 e. The molecule has 2 unspecified atom stereocenters. The van der Waals surface area contributed by atoms with Crippen molar-refractivity contribution in [3.05, 3.63) is 29.3 Å². The van der Waals surface area contributed by atoms with Crippen molar-refractivity contribution in [2.75, 3.05) is 6.54 Å². The number of thioether (sulfide) groups is 1. The van der Waals surface area contributed by atoms with Gasteiger partial charge in [0, 0.05) is 27.8 Å². The Bertz CT molecular complexity index is 783. The molecule has 1 aliphatic heterocycles. The molecule has 2 aliphatic rings. The number of nitrogens with zero attached hydrogens (tertiary/aromatic N) is 3. The fourth-order valence-corrected chi connectivity index (χ4v) is 4.47. The minimum atomic E-state index is -0.681. The van der Waals surface area contributed by atoms with E-state index in [0.29, 0.717) is 18.0 Å². The number of likely N-dealkylation sites (tertiary alicyclic amines) is 1. The van der Waals surface area contributed by atoms with Crippen LogP contribution in [0.4, 0.5) is 4.79 Å². The number of hydrogen-bond acceptors (Lipinski definition) is 5. The first-order valence-electron chi connectivity index (χ1n) is 9.32. The van der Waals surface area contributed by atoms with Crippen molar-refractivity contribution in [2.24, 2.45) is 0 Å². The summed E-state index contributed by atoms with van der Waals surface area (Å²) in [5.41, 5.74) is -0.655. The molecule has 8 heteroatoms. The van der Waals surface area contributed by atoms with Gasteiger partial charge in [0.05, 0.1) is 0 Å². The van der Waals surface area contributed by atoms with Crippen molar-refractivity contribution in [3.8, 4) is 6.19 Å². The number of hydrogen-bond donors (Lipinski definition) is 0. The van der Waals surface area contributed by atoms with Crippen LogP contribution in [0.25, 0.3) is 0 Å². The molecule has 6 nitrogen and oxygen atoms in total. The molecule has 150 valence electrons. The fourth-order valence-electron chi connectivity index (χ4n) is 3.15. The predicted molar refractivity (Wildman–Crippen MR) is 108 cm³/mol. The predicted octanol–water partition coefficient (Wildman–Crippen LogP) is 4.28. The van der Waals surface area contributed by atoms with Gasteiger partial charge in [-0.15, -0.1) is 11.8 Å². The lowest BCUT2D eigenvalue weighted by molar-refractivity contribution is -0.133. The SMILES string of the molecule is CC(C)(C)OC(=O)N1CC(Sc2ccc(Cl)cc2)CC1C(=O)N(C#N)C1CC1. The van der Waals surface area contributed by atoms with Crippen LogP contribution >= 0.6 is 23.4 Å². The van der Waals surface area contributed by atoms with Crippen LogP contribution in [-0.4, -0.2) is 51.3 Å². The molecule has 2 amide bonds. The molecule has 28 heavy (non-hydrogen) atoms. The number of carbonyl (C=O) groups is 2. The monoisotopic (exact) mass is 421 g/mol. The zero-order valence-corrected chi connectivity index (χ0v) is 17.8. The zero-order valence-electron chi connectivity index (χ0n) is 16.2. The Hall–Kier alpha value is -1.91. The highest BCUT2D eigenvalue weighted by molar-refractivity contribution is 8.00. The maximum absolute atomic E-state index is 13.0. The number of benzene rings is 1. The van der Waals surface area contributed by atoms with Crippen molar-refractivity contribution in [1.82, 2.24) is 9.80 Å². The second-order valence-electron chi connectivity index (χ2n) is 8.12. The van der Waals surface area contributed by atoms with Gasteiger partial charge in [-0.1, -0.05) is 11.6 Å². The standard InChI is InChI=1S/C20H24ClN3O3S/c1-20(2,3)27-19(26)23-11-16(28-15-8-4-13(21)5-9-15)10-17(23)18(25)24(12-22)14-6-7-14/h4-5,8-9,14,16-17H,6-7,10-11H2,1-3H3. The third kappa shape index (κ3) is 5.12. The van der Waals surface area contributed by atoms with Gasteiger partial charge in [0.25, 0.3) is 5.91 Å². The van der Waals surface area contributed by atoms with E-state index < -0.39 is 17.7 Å². The quantitative estimate of drug-likeness (QED) is 0.535. The van der Waals surface area contributed by atoms with E-state index in [1.807, 2.05) is 30.5 Å². The molecule has 2 atom stereocenters. The molecule has 1 aromatic carbocycles. The third-order valence-electron chi connectivity index (χ3n) is 4.55. The highest BCUT2D eigenvalue weighted by atomic mass is 35.5. The van der Waals surface area contributed by atoms with Crippen LogP contribution in [0, 0.1) is 11.5 Å². The number of carbonyl (C=O) groups excluding carboxylic acids is 2. The van der Waals surface area contributed by atoms with Crippen LogP contribution < -0.4 is 0 Å². The van der Waals surface area contributed by atoms with Crippen molar-refractivity contribution in [3.63, 3.8) is 0 Å². The van der Waals surface area contributed by atoms with Crippen LogP contribution in [0.1, 0.15) is 40.0 Å². The summed E-state index contributed by atoms with van der Waals surface area (Å²) >= 11 is 7.55. The Morgan fingerprint density at radius 2 is 1.93 bits per heavy atom. The Balaban J connectivity index is 1.77. The molecule has 0 bridgehead atoms. The maximum Gasteiger partial charge on any atom is 0.411 e. The Morgan fingerprint density at radius 1 is 1.29 bits per heavy atom. The van der Waals surface area contributed by atoms with E-state index in [1.54, 1.807) is 32.5 Å². The molecule has 3 rings (SSSR count). The minimum absolute atomic E-state index is 0.0269. The van der Waals surface area contributed by atoms with Gasteiger partial charge in [-0.3, -0.25) is 9.69 Å². The van der Waals surface area contributed by atoms with Crippen LogP contribution in [0.5, 0.6) is 0 Å². The second kappa shape index (κ2) is 8.22. The first kappa shape index (κ1) is 20.8. The largest absolute Gasteiger partial charge is 0.444 e. The number of halogens is 1. The number of amides is 2. The average Bonchev–Trinajstić information content (AvgIpc) is 3.35. The van der Waals surface area contributed by atoms with Gasteiger partial charge >= 0.3 is 6.09 Å². The average molecular weight is 422 g/mol. The van der Waals surface area contributed by atoms with Gasteiger partial charge in [0.2, 0.25) is 0 Å². The van der Waals surface area contributed by atoms with Crippen molar-refractivity contribution in [1.29, 1.82) is 5.26 Å². The topological polar surface area (TPSA) is 73.6 Å². The Labute approximate surface area is 174 Å². The van der Waals surface area contributed by atoms with E-state index in [4.69, 9.17) is 16.3 Å². The normalized spacial score (nSPS) is 21.9. The van der Waals surface area contributed by atoms with Crippen LogP contribution in [-0.2, 0) is 9.53 Å². The van der Waals surface area contributed by atoms with Gasteiger partial charge in [-0.25, -0.2) is 9.69 Å².